The van der Waals surface area contributed by atoms with Crippen molar-refractivity contribution in [3.63, 3.8) is 0 Å². The van der Waals surface area contributed by atoms with Gasteiger partial charge < -0.3 is 4.74 Å². The summed E-state index contributed by atoms with van der Waals surface area (Å²) in [6.07, 6.45) is 0. The summed E-state index contributed by atoms with van der Waals surface area (Å²) in [6, 6.07) is 1.49. The molecule has 0 aliphatic heterocycles. The molecule has 0 fully saturated rings. The van der Waals surface area contributed by atoms with Crippen LogP contribution in [0.4, 0.5) is 0 Å². The predicted molar refractivity (Wildman–Crippen MR) is 64.1 cm³/mol. The lowest BCUT2D eigenvalue weighted by Crippen LogP contribution is -2.26. The highest BCUT2D eigenvalue weighted by molar-refractivity contribution is 7.91. The maximum absolute atomic E-state index is 11.7. The summed E-state index contributed by atoms with van der Waals surface area (Å²) < 4.78 is 28.9. The molecule has 1 aromatic heterocycles. The van der Waals surface area contributed by atoms with Gasteiger partial charge >= 0.3 is 0 Å². The third-order valence-corrected chi connectivity index (χ3v) is 4.03. The summed E-state index contributed by atoms with van der Waals surface area (Å²) in [5.41, 5.74) is 0.238. The van der Waals surface area contributed by atoms with E-state index in [0.29, 0.717) is 5.69 Å². The molecule has 0 atom stereocenters. The van der Waals surface area contributed by atoms with E-state index in [9.17, 15) is 13.2 Å². The van der Waals surface area contributed by atoms with Crippen molar-refractivity contribution < 1.29 is 13.2 Å². The number of hydrogen-bond acceptors (Lipinski definition) is 5. The van der Waals surface area contributed by atoms with Gasteiger partial charge in [-0.25, -0.2) is 13.4 Å². The number of rotatable bonds is 5. The SMILES string of the molecule is CCS(=O)(=O)CCn1c(OC)nc(C)cc1=O. The largest absolute Gasteiger partial charge is 0.468 e. The van der Waals surface area contributed by atoms with Gasteiger partial charge in [-0.2, -0.15) is 0 Å². The lowest BCUT2D eigenvalue weighted by Gasteiger charge is -2.10. The van der Waals surface area contributed by atoms with Crippen molar-refractivity contribution in [1.82, 2.24) is 9.55 Å². The number of aryl methyl sites for hydroxylation is 1. The molecule has 0 radical (unpaired) electrons. The van der Waals surface area contributed by atoms with Crippen LogP contribution in [0.2, 0.25) is 0 Å². The number of ether oxygens (including phenoxy) is 1. The Hall–Kier alpha value is -1.37. The molecule has 0 bridgehead atoms. The Morgan fingerprint density at radius 1 is 1.47 bits per heavy atom. The fourth-order valence-electron chi connectivity index (χ4n) is 1.33. The molecule has 0 aliphatic carbocycles. The minimum Gasteiger partial charge on any atom is -0.468 e. The maximum atomic E-state index is 11.7. The van der Waals surface area contributed by atoms with Crippen LogP contribution in [0.1, 0.15) is 12.6 Å². The van der Waals surface area contributed by atoms with Crippen LogP contribution in [-0.4, -0.2) is 36.6 Å². The lowest BCUT2D eigenvalue weighted by atomic mass is 10.4. The molecule has 0 aromatic carbocycles. The van der Waals surface area contributed by atoms with Crippen LogP contribution in [0.5, 0.6) is 6.01 Å². The second-order valence-electron chi connectivity index (χ2n) is 3.61. The van der Waals surface area contributed by atoms with Crippen molar-refractivity contribution in [2.24, 2.45) is 0 Å². The second-order valence-corrected chi connectivity index (χ2v) is 6.08. The highest BCUT2D eigenvalue weighted by atomic mass is 32.2. The van der Waals surface area contributed by atoms with E-state index < -0.39 is 9.84 Å². The van der Waals surface area contributed by atoms with E-state index in [1.165, 1.54) is 17.7 Å². The van der Waals surface area contributed by atoms with Gasteiger partial charge in [0.1, 0.15) is 0 Å². The number of nitrogens with zero attached hydrogens (tertiary/aromatic N) is 2. The summed E-state index contributed by atoms with van der Waals surface area (Å²) in [4.78, 5) is 15.7. The maximum Gasteiger partial charge on any atom is 0.299 e. The zero-order valence-corrected chi connectivity index (χ0v) is 11.0. The van der Waals surface area contributed by atoms with Crippen molar-refractivity contribution >= 4 is 9.84 Å². The normalized spacial score (nSPS) is 11.5. The fourth-order valence-corrected chi connectivity index (χ4v) is 2.08. The van der Waals surface area contributed by atoms with Gasteiger partial charge in [-0.05, 0) is 6.92 Å². The standard InChI is InChI=1S/C10H16N2O4S/c1-4-17(14,15)6-5-12-9(13)7-8(2)11-10(12)16-3/h7H,4-6H2,1-3H3. The number of sulfone groups is 1. The Balaban J connectivity index is 3.03. The lowest BCUT2D eigenvalue weighted by molar-refractivity contribution is 0.347. The molecule has 1 heterocycles. The average Bonchev–Trinajstić information content (AvgIpc) is 2.26. The number of methoxy groups -OCH3 is 1. The van der Waals surface area contributed by atoms with E-state index in [0.717, 1.165) is 0 Å². The summed E-state index contributed by atoms with van der Waals surface area (Å²) >= 11 is 0. The molecule has 0 spiro atoms. The first-order chi connectivity index (χ1) is 7.89. The van der Waals surface area contributed by atoms with Gasteiger partial charge in [0, 0.05) is 24.1 Å². The van der Waals surface area contributed by atoms with Crippen molar-refractivity contribution in [3.8, 4) is 6.01 Å². The Morgan fingerprint density at radius 2 is 2.12 bits per heavy atom. The molecule has 1 aromatic rings. The van der Waals surface area contributed by atoms with Gasteiger partial charge in [0.2, 0.25) is 0 Å². The van der Waals surface area contributed by atoms with E-state index in [2.05, 4.69) is 4.98 Å². The Morgan fingerprint density at radius 3 is 2.65 bits per heavy atom. The zero-order chi connectivity index (χ0) is 13.1. The first-order valence-corrected chi connectivity index (χ1v) is 7.04. The second kappa shape index (κ2) is 5.31. The Kier molecular flexibility index (Phi) is 4.28. The van der Waals surface area contributed by atoms with Gasteiger partial charge in [-0.1, -0.05) is 6.92 Å². The van der Waals surface area contributed by atoms with Crippen LogP contribution < -0.4 is 10.3 Å². The van der Waals surface area contributed by atoms with Crippen LogP contribution in [0.25, 0.3) is 0 Å². The predicted octanol–water partition coefficient (Wildman–Crippen LogP) is -0.00498. The summed E-state index contributed by atoms with van der Waals surface area (Å²) in [7, 11) is -1.72. The molecule has 1 rings (SSSR count). The van der Waals surface area contributed by atoms with E-state index in [1.807, 2.05) is 0 Å². The third-order valence-electron chi connectivity index (χ3n) is 2.35. The highest BCUT2D eigenvalue weighted by Crippen LogP contribution is 2.05. The molecule has 7 heteroatoms. The van der Waals surface area contributed by atoms with Crippen LogP contribution in [0.3, 0.4) is 0 Å². The first kappa shape index (κ1) is 13.7. The molecule has 0 saturated heterocycles. The van der Waals surface area contributed by atoms with Gasteiger partial charge in [-0.15, -0.1) is 0 Å². The van der Waals surface area contributed by atoms with Crippen LogP contribution in [0.15, 0.2) is 10.9 Å². The van der Waals surface area contributed by atoms with Gasteiger partial charge in [-0.3, -0.25) is 9.36 Å². The minimum atomic E-state index is -3.11. The first-order valence-electron chi connectivity index (χ1n) is 5.22. The van der Waals surface area contributed by atoms with Crippen molar-refractivity contribution in [2.45, 2.75) is 20.4 Å². The van der Waals surface area contributed by atoms with Gasteiger partial charge in [0.05, 0.1) is 12.9 Å². The molecule has 96 valence electrons. The number of hydrogen-bond donors (Lipinski definition) is 0. The zero-order valence-electron chi connectivity index (χ0n) is 10.1. The van der Waals surface area contributed by atoms with Crippen LogP contribution in [-0.2, 0) is 16.4 Å². The highest BCUT2D eigenvalue weighted by Gasteiger charge is 2.12. The molecular formula is C10H16N2O4S. The number of aromatic nitrogens is 2. The quantitative estimate of drug-likeness (QED) is 0.744. The van der Waals surface area contributed by atoms with E-state index in [4.69, 9.17) is 4.74 Å². The van der Waals surface area contributed by atoms with E-state index in [1.54, 1.807) is 13.8 Å². The summed E-state index contributed by atoms with van der Waals surface area (Å²) in [5.74, 6) is -0.0339. The monoisotopic (exact) mass is 260 g/mol. The topological polar surface area (TPSA) is 78.3 Å². The third kappa shape index (κ3) is 3.55. The average molecular weight is 260 g/mol. The fraction of sp³-hybridized carbons (Fsp3) is 0.600. The molecule has 0 amide bonds. The van der Waals surface area contributed by atoms with Crippen molar-refractivity contribution in [3.05, 3.63) is 22.1 Å². The Labute approximate surface area is 100 Å². The molecule has 0 aliphatic rings. The van der Waals surface area contributed by atoms with Crippen LogP contribution >= 0.6 is 0 Å². The molecule has 17 heavy (non-hydrogen) atoms. The summed E-state index contributed by atoms with van der Waals surface area (Å²) in [5, 5.41) is 0. The van der Waals surface area contributed by atoms with E-state index in [-0.39, 0.29) is 29.6 Å². The van der Waals surface area contributed by atoms with Crippen molar-refractivity contribution in [2.75, 3.05) is 18.6 Å². The molecule has 0 saturated carbocycles. The van der Waals surface area contributed by atoms with E-state index >= 15 is 0 Å². The smallest absolute Gasteiger partial charge is 0.299 e. The summed E-state index contributed by atoms with van der Waals surface area (Å²) in [6.45, 7) is 3.31. The van der Waals surface area contributed by atoms with Gasteiger partial charge in [0.25, 0.3) is 11.6 Å². The Bertz CT molecular complexity index is 548. The van der Waals surface area contributed by atoms with Gasteiger partial charge in [0.15, 0.2) is 9.84 Å². The minimum absolute atomic E-state index is 0.0589. The van der Waals surface area contributed by atoms with Crippen molar-refractivity contribution in [1.29, 1.82) is 0 Å². The van der Waals surface area contributed by atoms with Crippen LogP contribution in [0, 0.1) is 6.92 Å². The molecular weight excluding hydrogens is 244 g/mol. The molecule has 6 nitrogen and oxygen atoms in total. The molecule has 0 unspecified atom stereocenters. The molecule has 0 N–H and O–H groups in total.